The summed E-state index contributed by atoms with van der Waals surface area (Å²) in [7, 11) is 0. The first kappa shape index (κ1) is 20.9. The summed E-state index contributed by atoms with van der Waals surface area (Å²) in [6, 6.07) is 8.01. The van der Waals surface area contributed by atoms with Gasteiger partial charge in [0.15, 0.2) is 0 Å². The van der Waals surface area contributed by atoms with Crippen molar-refractivity contribution in [3.63, 3.8) is 0 Å². The highest BCUT2D eigenvalue weighted by atomic mass is 32.1. The van der Waals surface area contributed by atoms with Crippen molar-refractivity contribution in [2.45, 2.75) is 44.4 Å². The highest BCUT2D eigenvalue weighted by molar-refractivity contribution is 7.12. The van der Waals surface area contributed by atoms with E-state index in [9.17, 15) is 22.8 Å². The van der Waals surface area contributed by atoms with Crippen LogP contribution in [0.4, 0.5) is 24.5 Å². The zero-order valence-corrected chi connectivity index (χ0v) is 17.2. The van der Waals surface area contributed by atoms with Crippen molar-refractivity contribution in [3.8, 4) is 0 Å². The van der Waals surface area contributed by atoms with Crippen LogP contribution < -0.4 is 10.2 Å². The minimum atomic E-state index is -4.72. The Balaban J connectivity index is 1.65. The van der Waals surface area contributed by atoms with Crippen LogP contribution in [0.25, 0.3) is 0 Å². The number of rotatable bonds is 3. The highest BCUT2D eigenvalue weighted by Crippen LogP contribution is 2.39. The Labute approximate surface area is 176 Å². The van der Waals surface area contributed by atoms with Crippen LogP contribution in [0.2, 0.25) is 0 Å². The van der Waals surface area contributed by atoms with Gasteiger partial charge in [0.05, 0.1) is 24.3 Å². The van der Waals surface area contributed by atoms with Gasteiger partial charge in [-0.25, -0.2) is 0 Å². The Morgan fingerprint density at radius 1 is 1.23 bits per heavy atom. The minimum absolute atomic E-state index is 0.0268. The first-order chi connectivity index (χ1) is 14.2. The summed E-state index contributed by atoms with van der Waals surface area (Å²) < 4.78 is 41.6. The molecule has 2 aliphatic rings. The molecule has 1 aromatic carbocycles. The molecule has 2 aromatic rings. The van der Waals surface area contributed by atoms with Gasteiger partial charge in [-0.05, 0) is 50.6 Å². The number of thiophene rings is 1. The maximum atomic E-state index is 13.9. The average molecular weight is 437 g/mol. The molecule has 0 radical (unpaired) electrons. The summed E-state index contributed by atoms with van der Waals surface area (Å²) >= 11 is 1.65. The van der Waals surface area contributed by atoms with Gasteiger partial charge >= 0.3 is 6.18 Å². The topological polar surface area (TPSA) is 52.7 Å². The third kappa shape index (κ3) is 4.09. The second-order valence-electron chi connectivity index (χ2n) is 7.67. The number of nitrogens with zero attached hydrogens (tertiary/aromatic N) is 2. The monoisotopic (exact) mass is 437 g/mol. The van der Waals surface area contributed by atoms with Crippen molar-refractivity contribution in [3.05, 3.63) is 46.2 Å². The van der Waals surface area contributed by atoms with Crippen molar-refractivity contribution in [2.24, 2.45) is 0 Å². The number of fused-ring (bicyclic) bond motifs is 1. The first-order valence-electron chi connectivity index (χ1n) is 9.82. The number of aryl methyl sites for hydroxylation is 1. The summed E-state index contributed by atoms with van der Waals surface area (Å²) in [5.74, 6) is -1.41. The van der Waals surface area contributed by atoms with Gasteiger partial charge in [0.2, 0.25) is 11.8 Å². The third-order valence-corrected chi connectivity index (χ3v) is 6.67. The van der Waals surface area contributed by atoms with E-state index in [1.54, 1.807) is 23.5 Å². The van der Waals surface area contributed by atoms with Crippen molar-refractivity contribution in [1.29, 1.82) is 0 Å². The molecule has 1 N–H and O–H groups in total. The number of para-hydroxylation sites is 2. The zero-order chi connectivity index (χ0) is 21.5. The number of halogens is 3. The van der Waals surface area contributed by atoms with Crippen molar-refractivity contribution in [1.82, 2.24) is 4.90 Å². The Morgan fingerprint density at radius 2 is 2.00 bits per heavy atom. The smallest absolute Gasteiger partial charge is 0.324 e. The lowest BCUT2D eigenvalue weighted by Crippen LogP contribution is -2.52. The van der Waals surface area contributed by atoms with Crippen LogP contribution in [-0.4, -0.2) is 42.0 Å². The Morgan fingerprint density at radius 3 is 2.70 bits per heavy atom. The van der Waals surface area contributed by atoms with Gasteiger partial charge in [-0.2, -0.15) is 13.2 Å². The number of nitrogens with one attached hydrogen (secondary N) is 1. The molecule has 1 fully saturated rings. The van der Waals surface area contributed by atoms with Crippen LogP contribution in [0.3, 0.4) is 0 Å². The van der Waals surface area contributed by atoms with E-state index in [-0.39, 0.29) is 24.0 Å². The molecule has 2 unspecified atom stereocenters. The fraction of sp³-hybridized carbons (Fsp3) is 0.429. The van der Waals surface area contributed by atoms with E-state index in [0.29, 0.717) is 6.54 Å². The van der Waals surface area contributed by atoms with Gasteiger partial charge in [-0.3, -0.25) is 19.4 Å². The molecule has 5 nitrogen and oxygen atoms in total. The second kappa shape index (κ2) is 8.03. The van der Waals surface area contributed by atoms with Crippen LogP contribution >= 0.6 is 11.3 Å². The van der Waals surface area contributed by atoms with Gasteiger partial charge in [0.1, 0.15) is 6.04 Å². The van der Waals surface area contributed by atoms with E-state index in [1.165, 1.54) is 12.1 Å². The maximum Gasteiger partial charge on any atom is 0.409 e. The molecule has 9 heteroatoms. The predicted octanol–water partition coefficient (Wildman–Crippen LogP) is 4.50. The number of anilines is 2. The number of benzene rings is 1. The number of likely N-dealkylation sites (tertiary alicyclic amines) is 1. The summed E-state index contributed by atoms with van der Waals surface area (Å²) in [4.78, 5) is 30.4. The van der Waals surface area contributed by atoms with E-state index < -0.39 is 30.5 Å². The normalized spacial score (nSPS) is 22.5. The maximum absolute atomic E-state index is 13.9. The van der Waals surface area contributed by atoms with Crippen LogP contribution in [0.5, 0.6) is 0 Å². The molecule has 3 heterocycles. The van der Waals surface area contributed by atoms with E-state index in [4.69, 9.17) is 0 Å². The number of hydrogen-bond acceptors (Lipinski definition) is 4. The molecule has 0 saturated carbocycles. The lowest BCUT2D eigenvalue weighted by Gasteiger charge is -2.34. The van der Waals surface area contributed by atoms with Crippen LogP contribution in [0.15, 0.2) is 36.4 Å². The van der Waals surface area contributed by atoms with Crippen LogP contribution in [0.1, 0.15) is 35.1 Å². The number of amides is 2. The van der Waals surface area contributed by atoms with Gasteiger partial charge in [-0.15, -0.1) is 11.3 Å². The number of hydrogen-bond donors (Lipinski definition) is 1. The van der Waals surface area contributed by atoms with E-state index in [0.717, 1.165) is 27.5 Å². The van der Waals surface area contributed by atoms with Crippen molar-refractivity contribution >= 4 is 34.5 Å². The third-order valence-electron chi connectivity index (χ3n) is 5.57. The average Bonchev–Trinajstić information content (AvgIpc) is 3.26. The van der Waals surface area contributed by atoms with Crippen LogP contribution in [0, 0.1) is 6.92 Å². The molecule has 0 aliphatic carbocycles. The number of carbonyl (C=O) groups is 2. The molecule has 1 aromatic heterocycles. The van der Waals surface area contributed by atoms with Crippen molar-refractivity contribution in [2.75, 3.05) is 23.3 Å². The lowest BCUT2D eigenvalue weighted by atomic mass is 10.1. The summed E-state index contributed by atoms with van der Waals surface area (Å²) in [5, 5.41) is 2.50. The van der Waals surface area contributed by atoms with E-state index in [2.05, 4.69) is 5.32 Å². The summed E-state index contributed by atoms with van der Waals surface area (Å²) in [5.41, 5.74) is 0.299. The summed E-state index contributed by atoms with van der Waals surface area (Å²) in [6.07, 6.45) is -3.79. The Kier molecular flexibility index (Phi) is 5.59. The quantitative estimate of drug-likeness (QED) is 0.769. The van der Waals surface area contributed by atoms with Gasteiger partial charge < -0.3 is 5.32 Å². The van der Waals surface area contributed by atoms with E-state index >= 15 is 0 Å². The van der Waals surface area contributed by atoms with Gasteiger partial charge in [0.25, 0.3) is 0 Å². The SMILES string of the molecule is Cc1ccc(C2CCCN2CC(=O)N2c3ccccc3NC(=O)CC2C(F)(F)F)s1. The Hall–Kier alpha value is -2.39. The largest absolute Gasteiger partial charge is 0.409 e. The molecule has 0 bridgehead atoms. The fourth-order valence-corrected chi connectivity index (χ4v) is 5.26. The molecule has 2 amide bonds. The molecule has 30 heavy (non-hydrogen) atoms. The first-order valence-corrected chi connectivity index (χ1v) is 10.6. The van der Waals surface area contributed by atoms with Crippen LogP contribution in [-0.2, 0) is 9.59 Å². The summed E-state index contributed by atoms with van der Waals surface area (Å²) in [6.45, 7) is 2.53. The number of alkyl halides is 3. The Bertz CT molecular complexity index is 959. The zero-order valence-electron chi connectivity index (χ0n) is 16.4. The van der Waals surface area contributed by atoms with Gasteiger partial charge in [0, 0.05) is 15.8 Å². The fourth-order valence-electron chi connectivity index (χ4n) is 4.22. The second-order valence-corrected chi connectivity index (χ2v) is 8.99. The molecular weight excluding hydrogens is 415 g/mol. The minimum Gasteiger partial charge on any atom is -0.324 e. The standard InChI is InChI=1S/C21H22F3N3O2S/c1-13-8-9-17(30-13)16-7-4-10-26(16)12-20(29)27-15-6-3-2-5-14(15)25-19(28)11-18(27)21(22,23)24/h2-3,5-6,8-9,16,18H,4,7,10-12H2,1H3,(H,25,28). The van der Waals surface area contributed by atoms with E-state index in [1.807, 2.05) is 24.0 Å². The molecule has 2 aliphatic heterocycles. The molecule has 1 saturated heterocycles. The predicted molar refractivity (Wildman–Crippen MR) is 110 cm³/mol. The molecule has 0 spiro atoms. The lowest BCUT2D eigenvalue weighted by molar-refractivity contribution is -0.158. The van der Waals surface area contributed by atoms with Crippen molar-refractivity contribution < 1.29 is 22.8 Å². The highest BCUT2D eigenvalue weighted by Gasteiger charge is 2.49. The molecule has 2 atom stereocenters. The molecule has 160 valence electrons. The van der Waals surface area contributed by atoms with Gasteiger partial charge in [-0.1, -0.05) is 12.1 Å². The molecular formula is C21H22F3N3O2S. The molecule has 4 rings (SSSR count). The number of carbonyl (C=O) groups excluding carboxylic acids is 2.